The lowest BCUT2D eigenvalue weighted by atomic mass is 9.34. The van der Waals surface area contributed by atoms with Crippen LogP contribution in [0.5, 0.6) is 0 Å². The predicted molar refractivity (Wildman–Crippen MR) is 132 cm³/mol. The number of ketones is 1. The molecule has 5 aliphatic rings. The maximum Gasteiger partial charge on any atom is 0.309 e. The van der Waals surface area contributed by atoms with Gasteiger partial charge in [-0.15, -0.1) is 0 Å². The zero-order valence-electron chi connectivity index (χ0n) is 21.9. The normalized spacial score (nSPS) is 49.7. The molecule has 7 atom stereocenters. The maximum absolute atomic E-state index is 12.8. The molecule has 0 saturated heterocycles. The van der Waals surface area contributed by atoms with E-state index in [9.17, 15) is 14.7 Å². The van der Waals surface area contributed by atoms with Crippen molar-refractivity contribution in [3.8, 4) is 0 Å². The Balaban J connectivity index is 1.63. The molecule has 0 aliphatic heterocycles. The third-order valence-electron chi connectivity index (χ3n) is 12.3. The quantitative estimate of drug-likeness (QED) is 0.427. The van der Waals surface area contributed by atoms with Crippen LogP contribution in [0.3, 0.4) is 0 Å². The van der Waals surface area contributed by atoms with Gasteiger partial charge in [-0.25, -0.2) is 0 Å². The van der Waals surface area contributed by atoms with E-state index in [1.54, 1.807) is 5.57 Å². The predicted octanol–water partition coefficient (Wildman–Crippen LogP) is 7.22. The molecule has 0 spiro atoms. The highest BCUT2D eigenvalue weighted by Gasteiger charge is 2.68. The molecule has 33 heavy (non-hydrogen) atoms. The summed E-state index contributed by atoms with van der Waals surface area (Å²) < 4.78 is 0. The molecule has 0 radical (unpaired) electrons. The topological polar surface area (TPSA) is 54.4 Å². The Hall–Kier alpha value is -1.38. The monoisotopic (exact) mass is 452 g/mol. The van der Waals surface area contributed by atoms with Crippen LogP contribution in [0.15, 0.2) is 23.8 Å². The van der Waals surface area contributed by atoms with Crippen LogP contribution in [0.4, 0.5) is 0 Å². The van der Waals surface area contributed by atoms with Gasteiger partial charge in [-0.1, -0.05) is 66.2 Å². The van der Waals surface area contributed by atoms with Crippen molar-refractivity contribution < 1.29 is 14.7 Å². The SMILES string of the molecule is CC1(C)CC[C@]2(C(=O)O)CC[C@]3(C)[C@H](CC=C4[C@@]5(C)C=CC(=O)C(C)(C)[C@@H]5CC[C@]43C)[C@@H]2C1. The van der Waals surface area contributed by atoms with Gasteiger partial charge in [0.2, 0.25) is 0 Å². The molecule has 3 nitrogen and oxygen atoms in total. The van der Waals surface area contributed by atoms with E-state index in [-0.39, 0.29) is 38.8 Å². The van der Waals surface area contributed by atoms with Crippen molar-refractivity contribution in [2.24, 2.45) is 50.2 Å². The summed E-state index contributed by atoms with van der Waals surface area (Å²) in [7, 11) is 0. The van der Waals surface area contributed by atoms with Crippen LogP contribution in [0, 0.1) is 50.2 Å². The molecule has 3 fully saturated rings. The molecular weight excluding hydrogens is 408 g/mol. The van der Waals surface area contributed by atoms with Crippen molar-refractivity contribution in [2.75, 3.05) is 0 Å². The van der Waals surface area contributed by atoms with Crippen molar-refractivity contribution in [3.05, 3.63) is 23.8 Å². The molecule has 0 bridgehead atoms. The number of carbonyl (C=O) groups excluding carboxylic acids is 1. The van der Waals surface area contributed by atoms with Gasteiger partial charge in [0, 0.05) is 10.8 Å². The Morgan fingerprint density at radius 1 is 0.939 bits per heavy atom. The number of hydrogen-bond acceptors (Lipinski definition) is 2. The summed E-state index contributed by atoms with van der Waals surface area (Å²) in [6.07, 6.45) is 14.5. The molecule has 182 valence electrons. The van der Waals surface area contributed by atoms with Crippen LogP contribution in [0.1, 0.15) is 99.8 Å². The maximum atomic E-state index is 12.8. The van der Waals surface area contributed by atoms with E-state index in [0.29, 0.717) is 11.8 Å². The summed E-state index contributed by atoms with van der Waals surface area (Å²) in [5, 5.41) is 10.5. The van der Waals surface area contributed by atoms with Gasteiger partial charge in [0.15, 0.2) is 5.78 Å². The molecular formula is C30H44O3. The number of fused-ring (bicyclic) bond motifs is 7. The smallest absolute Gasteiger partial charge is 0.309 e. The minimum Gasteiger partial charge on any atom is -0.481 e. The van der Waals surface area contributed by atoms with E-state index in [2.05, 4.69) is 60.6 Å². The molecule has 3 heteroatoms. The van der Waals surface area contributed by atoms with Gasteiger partial charge in [0.1, 0.15) is 0 Å². The fourth-order valence-electron chi connectivity index (χ4n) is 9.96. The Bertz CT molecular complexity index is 969. The molecule has 5 aliphatic carbocycles. The van der Waals surface area contributed by atoms with Gasteiger partial charge in [0.25, 0.3) is 0 Å². The van der Waals surface area contributed by atoms with Crippen LogP contribution in [0.2, 0.25) is 0 Å². The van der Waals surface area contributed by atoms with Crippen molar-refractivity contribution in [1.29, 1.82) is 0 Å². The van der Waals surface area contributed by atoms with E-state index in [1.165, 1.54) is 0 Å². The Morgan fingerprint density at radius 2 is 1.61 bits per heavy atom. The highest BCUT2D eigenvalue weighted by molar-refractivity contribution is 5.96. The largest absolute Gasteiger partial charge is 0.481 e. The van der Waals surface area contributed by atoms with Crippen LogP contribution >= 0.6 is 0 Å². The summed E-state index contributed by atoms with van der Waals surface area (Å²) in [6.45, 7) is 16.3. The van der Waals surface area contributed by atoms with Crippen molar-refractivity contribution in [3.63, 3.8) is 0 Å². The summed E-state index contributed by atoms with van der Waals surface area (Å²) in [6, 6.07) is 0. The first-order valence-electron chi connectivity index (χ1n) is 13.3. The third kappa shape index (κ3) is 2.74. The minimum absolute atomic E-state index is 0.0498. The van der Waals surface area contributed by atoms with Crippen molar-refractivity contribution in [1.82, 2.24) is 0 Å². The van der Waals surface area contributed by atoms with Crippen LogP contribution in [-0.2, 0) is 9.59 Å². The molecule has 3 saturated carbocycles. The Morgan fingerprint density at radius 3 is 2.27 bits per heavy atom. The number of allylic oxidation sites excluding steroid dienone is 4. The van der Waals surface area contributed by atoms with Gasteiger partial charge in [0.05, 0.1) is 5.41 Å². The van der Waals surface area contributed by atoms with Gasteiger partial charge in [-0.05, 0) is 91.4 Å². The highest BCUT2D eigenvalue weighted by Crippen LogP contribution is 2.74. The van der Waals surface area contributed by atoms with Gasteiger partial charge >= 0.3 is 5.97 Å². The first-order chi connectivity index (χ1) is 15.1. The lowest BCUT2D eigenvalue weighted by Crippen LogP contribution is -2.63. The van der Waals surface area contributed by atoms with E-state index in [0.717, 1.165) is 51.4 Å². The number of carbonyl (C=O) groups is 2. The molecule has 0 aromatic rings. The minimum atomic E-state index is -0.545. The lowest BCUT2D eigenvalue weighted by molar-refractivity contribution is -0.187. The summed E-state index contributed by atoms with van der Waals surface area (Å²) in [5.74, 6) is 0.714. The van der Waals surface area contributed by atoms with E-state index < -0.39 is 11.4 Å². The highest BCUT2D eigenvalue weighted by atomic mass is 16.4. The second kappa shape index (κ2) is 6.64. The fourth-order valence-corrected chi connectivity index (χ4v) is 9.96. The number of aliphatic carboxylic acids is 1. The fraction of sp³-hybridized carbons (Fsp3) is 0.800. The summed E-state index contributed by atoms with van der Waals surface area (Å²) in [5.41, 5.74) is 0.942. The molecule has 0 amide bonds. The zero-order chi connectivity index (χ0) is 24.2. The van der Waals surface area contributed by atoms with E-state index in [1.807, 2.05) is 6.08 Å². The van der Waals surface area contributed by atoms with Crippen LogP contribution in [0.25, 0.3) is 0 Å². The number of rotatable bonds is 1. The number of carboxylic acid groups (broad SMARTS) is 1. The molecule has 0 heterocycles. The lowest BCUT2D eigenvalue weighted by Gasteiger charge is -2.69. The summed E-state index contributed by atoms with van der Waals surface area (Å²) in [4.78, 5) is 25.5. The zero-order valence-corrected chi connectivity index (χ0v) is 21.9. The second-order valence-corrected chi connectivity index (χ2v) is 14.4. The Labute approximate surface area is 200 Å². The van der Waals surface area contributed by atoms with Crippen LogP contribution < -0.4 is 0 Å². The van der Waals surface area contributed by atoms with E-state index >= 15 is 0 Å². The Kier molecular flexibility index (Phi) is 4.70. The second-order valence-electron chi connectivity index (χ2n) is 14.4. The third-order valence-corrected chi connectivity index (χ3v) is 12.3. The van der Waals surface area contributed by atoms with Crippen LogP contribution in [-0.4, -0.2) is 16.9 Å². The average molecular weight is 453 g/mol. The molecule has 0 aromatic heterocycles. The van der Waals surface area contributed by atoms with Gasteiger partial charge < -0.3 is 5.11 Å². The molecule has 0 aromatic carbocycles. The number of hydrogen-bond donors (Lipinski definition) is 1. The molecule has 5 rings (SSSR count). The van der Waals surface area contributed by atoms with Gasteiger partial charge in [-0.2, -0.15) is 0 Å². The first kappa shape index (κ1) is 23.4. The van der Waals surface area contributed by atoms with E-state index in [4.69, 9.17) is 0 Å². The standard InChI is InChI=1S/C30H44O3/c1-25(2)14-16-30(24(32)33)17-15-28(6)19(20(30)18-25)8-9-22-27(5)12-11-23(31)26(3,4)21(27)10-13-29(22,28)7/h9,11-12,19-21H,8,10,13-18H2,1-7H3,(H,32,33)/t19-,20+,21+,27+,28-,29-,30+/m1/s1. The van der Waals surface area contributed by atoms with Crippen molar-refractivity contribution >= 4 is 11.8 Å². The number of carboxylic acids is 1. The average Bonchev–Trinajstić information content (AvgIpc) is 2.71. The van der Waals surface area contributed by atoms with Crippen molar-refractivity contribution in [2.45, 2.75) is 99.8 Å². The van der Waals surface area contributed by atoms with Gasteiger partial charge in [-0.3, -0.25) is 9.59 Å². The summed E-state index contributed by atoms with van der Waals surface area (Å²) >= 11 is 0. The molecule has 1 N–H and O–H groups in total. The molecule has 0 unspecified atom stereocenters. The first-order valence-corrected chi connectivity index (χ1v) is 13.3.